The zero-order valence-corrected chi connectivity index (χ0v) is 13.3. The molecule has 0 aliphatic carbocycles. The van der Waals surface area contributed by atoms with E-state index in [-0.39, 0.29) is 123 Å². The van der Waals surface area contributed by atoms with Gasteiger partial charge in [0.05, 0.1) is 0 Å². The minimum absolute atomic E-state index is 0. The van der Waals surface area contributed by atoms with Crippen LogP contribution in [0.5, 0.6) is 0 Å². The van der Waals surface area contributed by atoms with Gasteiger partial charge in [-0.25, -0.2) is 0 Å². The van der Waals surface area contributed by atoms with Crippen LogP contribution in [0.3, 0.4) is 0 Å². The van der Waals surface area contributed by atoms with Crippen LogP contribution in [-0.4, -0.2) is 0 Å². The van der Waals surface area contributed by atoms with Gasteiger partial charge in [0, 0.05) is 0 Å². The molecule has 0 spiro atoms. The van der Waals surface area contributed by atoms with E-state index in [1.807, 2.05) is 0 Å². The van der Waals surface area contributed by atoms with Gasteiger partial charge in [0.15, 0.2) is 0 Å². The van der Waals surface area contributed by atoms with E-state index in [1.54, 1.807) is 0 Å². The Bertz CT molecular complexity index is 14.4. The van der Waals surface area contributed by atoms with Crippen LogP contribution in [0, 0.1) is 0 Å². The number of hydrogen-bond donors (Lipinski definition) is 0. The molecule has 0 aromatic heterocycles. The SMILES string of the molecule is [Au+3].[Au+3].[Ir+4].[Ir+4].[O-2].[O-2].[O-2].[O-2].[O-2].[O-2].[O-2]. The summed E-state index contributed by atoms with van der Waals surface area (Å²) in [5.41, 5.74) is 0. The van der Waals surface area contributed by atoms with E-state index in [1.165, 1.54) is 0 Å². The van der Waals surface area contributed by atoms with Crippen molar-refractivity contribution in [2.24, 2.45) is 0 Å². The van der Waals surface area contributed by atoms with E-state index in [9.17, 15) is 0 Å². The molecule has 82 valence electrons. The molecule has 0 N–H and O–H groups in total. The van der Waals surface area contributed by atoms with Gasteiger partial charge in [0.1, 0.15) is 0 Å². The molecule has 0 atom stereocenters. The van der Waals surface area contributed by atoms with Gasteiger partial charge in [-0.3, -0.25) is 0 Å². The third-order valence-electron chi connectivity index (χ3n) is 0. The molecule has 0 bridgehead atoms. The summed E-state index contributed by atoms with van der Waals surface area (Å²) < 4.78 is 0. The summed E-state index contributed by atoms with van der Waals surface area (Å²) in [5, 5.41) is 0. The summed E-state index contributed by atoms with van der Waals surface area (Å²) >= 11 is 0. The molecule has 0 fully saturated rings. The number of rotatable bonds is 0. The van der Waals surface area contributed by atoms with Crippen LogP contribution < -0.4 is 0 Å². The zero-order chi connectivity index (χ0) is 0. The summed E-state index contributed by atoms with van der Waals surface area (Å²) in [4.78, 5) is 0. The Morgan fingerprint density at radius 3 is 0.273 bits per heavy atom. The van der Waals surface area contributed by atoms with Crippen LogP contribution >= 0.6 is 0 Å². The van der Waals surface area contributed by atoms with Crippen molar-refractivity contribution in [3.63, 3.8) is 0 Å². The summed E-state index contributed by atoms with van der Waals surface area (Å²) in [7, 11) is 0. The first-order valence-corrected chi connectivity index (χ1v) is 0. The molecule has 0 rings (SSSR count). The maximum absolute atomic E-state index is 0. The van der Waals surface area contributed by atoms with E-state index in [0.29, 0.717) is 0 Å². The molecule has 0 aliphatic rings. The maximum atomic E-state index is 0. The van der Waals surface area contributed by atoms with Crippen molar-refractivity contribution in [2.75, 3.05) is 0 Å². The molecule has 11 heteroatoms. The van der Waals surface area contributed by atoms with Crippen molar-refractivity contribution in [1.29, 1.82) is 0 Å². The second kappa shape index (κ2) is 265. The summed E-state index contributed by atoms with van der Waals surface area (Å²) in [6.07, 6.45) is 0. The normalized spacial score (nSPS) is 0. The van der Waals surface area contributed by atoms with Gasteiger partial charge < -0.3 is 38.3 Å². The third kappa shape index (κ3) is 221. The molecule has 7 nitrogen and oxygen atoms in total. The Labute approximate surface area is 122 Å². The van der Waals surface area contributed by atoms with Crippen LogP contribution in [0.1, 0.15) is 0 Å². The molecule has 0 saturated carbocycles. The molecule has 0 amide bonds. The molecule has 0 unspecified atom stereocenters. The Morgan fingerprint density at radius 2 is 0.273 bits per heavy atom. The first-order chi connectivity index (χ1) is 0. The molecule has 0 heterocycles. The predicted molar refractivity (Wildman–Crippen MR) is 4.81 cm³/mol. The van der Waals surface area contributed by atoms with Crippen LogP contribution in [0.25, 0.3) is 0 Å². The average molecular weight is 890 g/mol. The van der Waals surface area contributed by atoms with Gasteiger partial charge in [0.25, 0.3) is 0 Å². The second-order valence-corrected chi connectivity index (χ2v) is 0. The van der Waals surface area contributed by atoms with Crippen molar-refractivity contribution < 1.29 is 123 Å². The standard InChI is InChI=1S/2Au.2Ir.7O/q2*+3;2*+4;7*-2. The van der Waals surface area contributed by atoms with E-state index in [2.05, 4.69) is 0 Å². The molecule has 11 heavy (non-hydrogen) atoms. The molecule has 0 aliphatic heterocycles. The molecular formula is Au2Ir2O7. The van der Waals surface area contributed by atoms with Gasteiger partial charge in [0.2, 0.25) is 0 Å². The van der Waals surface area contributed by atoms with Crippen molar-refractivity contribution in [1.82, 2.24) is 0 Å². The van der Waals surface area contributed by atoms with Gasteiger partial charge in [-0.15, -0.1) is 0 Å². The average Bonchev–Trinajstić information content (AvgIpc) is 0. The van der Waals surface area contributed by atoms with E-state index in [4.69, 9.17) is 0 Å². The Balaban J connectivity index is 0. The fourth-order valence-electron chi connectivity index (χ4n) is 0. The fraction of sp³-hybridized carbons (Fsp3) is 0. The van der Waals surface area contributed by atoms with Gasteiger partial charge in [-0.05, 0) is 0 Å². The Hall–Kier alpha value is 2.50. The first kappa shape index (κ1) is 338. The summed E-state index contributed by atoms with van der Waals surface area (Å²) in [5.74, 6) is 0. The van der Waals surface area contributed by atoms with Crippen molar-refractivity contribution in [3.8, 4) is 0 Å². The molecule has 0 aromatic rings. The minimum atomic E-state index is 0. The molecule has 2 radical (unpaired) electrons. The van der Waals surface area contributed by atoms with Gasteiger partial charge in [-0.1, -0.05) is 0 Å². The van der Waals surface area contributed by atoms with Gasteiger partial charge >= 0.3 is 85.0 Å². The quantitative estimate of drug-likeness (QED) is 0.274. The van der Waals surface area contributed by atoms with E-state index in [0.717, 1.165) is 0 Å². The van der Waals surface area contributed by atoms with Crippen molar-refractivity contribution in [3.05, 3.63) is 0 Å². The Morgan fingerprint density at radius 1 is 0.273 bits per heavy atom. The van der Waals surface area contributed by atoms with Crippen molar-refractivity contribution >= 4 is 0 Å². The minimum Gasteiger partial charge on any atom is -2.00 e. The molecular weight excluding hydrogens is 890 g/mol. The number of hydrogen-bond acceptors (Lipinski definition) is 0. The zero-order valence-electron chi connectivity index (χ0n) is 4.13. The molecule has 0 saturated heterocycles. The van der Waals surface area contributed by atoms with E-state index < -0.39 is 0 Å². The van der Waals surface area contributed by atoms with Crippen LogP contribution in [0.15, 0.2) is 0 Å². The largest absolute Gasteiger partial charge is 4.00 e. The summed E-state index contributed by atoms with van der Waals surface area (Å²) in [6.45, 7) is 0. The second-order valence-electron chi connectivity index (χ2n) is 0. The van der Waals surface area contributed by atoms with Gasteiger partial charge in [-0.2, -0.15) is 0 Å². The third-order valence-corrected chi connectivity index (χ3v) is 0. The first-order valence-electron chi connectivity index (χ1n) is 0. The maximum Gasteiger partial charge on any atom is 4.00 e. The van der Waals surface area contributed by atoms with Crippen molar-refractivity contribution in [2.45, 2.75) is 0 Å². The van der Waals surface area contributed by atoms with Crippen LogP contribution in [-0.2, 0) is 123 Å². The topological polar surface area (TPSA) is 200 Å². The predicted octanol–water partition coefficient (Wildman–Crippen LogP) is -0.842. The Kier molecular flexibility index (Phi) is 8120. The smallest absolute Gasteiger partial charge is 2.00 e. The van der Waals surface area contributed by atoms with Crippen LogP contribution in [0.4, 0.5) is 0 Å². The fourth-order valence-corrected chi connectivity index (χ4v) is 0. The monoisotopic (exact) mass is 892 g/mol. The van der Waals surface area contributed by atoms with E-state index >= 15 is 0 Å². The summed E-state index contributed by atoms with van der Waals surface area (Å²) in [6, 6.07) is 0. The molecule has 0 aromatic carbocycles. The van der Waals surface area contributed by atoms with Crippen LogP contribution in [0.2, 0.25) is 0 Å².